The minimum atomic E-state index is 1.06. The van der Waals surface area contributed by atoms with Crippen LogP contribution in [0.5, 0.6) is 0 Å². The van der Waals surface area contributed by atoms with Crippen molar-refractivity contribution >= 4 is 11.3 Å². The van der Waals surface area contributed by atoms with E-state index in [1.165, 1.54) is 10.6 Å². The number of hydrogen-bond acceptors (Lipinski definition) is 0. The van der Waals surface area contributed by atoms with Crippen molar-refractivity contribution in [3.05, 3.63) is 41.1 Å². The van der Waals surface area contributed by atoms with Crippen molar-refractivity contribution in [1.29, 1.82) is 0 Å². The molecule has 0 N–H and O–H groups in total. The maximum Gasteiger partial charge on any atom is 0.239 e. The molecule has 1 heterocycles. The first-order valence-corrected chi connectivity index (χ1v) is 4.65. The van der Waals surface area contributed by atoms with Gasteiger partial charge in [-0.25, -0.2) is 6.42 Å². The quantitative estimate of drug-likeness (QED) is 0.444. The Morgan fingerprint density at radius 2 is 2.27 bits per heavy atom. The zero-order valence-electron chi connectivity index (χ0n) is 6.45. The number of thiazole rings is 1. The van der Waals surface area contributed by atoms with Gasteiger partial charge in [0.2, 0.25) is 5.51 Å². The normalized spacial score (nSPS) is 13.5. The van der Waals surface area contributed by atoms with Crippen LogP contribution in [0, 0.1) is 12.8 Å². The smallest absolute Gasteiger partial charge is 0.239 e. The molecule has 1 aliphatic rings. The molecule has 0 atom stereocenters. The minimum Gasteiger partial charge on any atom is -0.374 e. The van der Waals surface area contributed by atoms with Crippen LogP contribution in [0.25, 0.3) is 0 Å². The molecule has 1 nitrogen and oxygen atoms in total. The van der Waals surface area contributed by atoms with E-state index in [-0.39, 0.29) is 0 Å². The molecular weight excluding hydrogens is 154 g/mol. The molecule has 0 bridgehead atoms. The Morgan fingerprint density at radius 1 is 1.45 bits per heavy atom. The summed E-state index contributed by atoms with van der Waals surface area (Å²) < 4.78 is 2.26. The van der Waals surface area contributed by atoms with Crippen LogP contribution in [-0.4, -0.2) is 4.57 Å². The Morgan fingerprint density at radius 3 is 3.09 bits per heavy atom. The maximum absolute atomic E-state index is 2.26. The van der Waals surface area contributed by atoms with E-state index in [9.17, 15) is 0 Å². The molecule has 2 rings (SSSR count). The van der Waals surface area contributed by atoms with Crippen LogP contribution in [0.2, 0.25) is 0 Å². The Bertz CT molecular complexity index is 286. The molecule has 58 valence electrons. The van der Waals surface area contributed by atoms with Crippen LogP contribution in [0.15, 0.2) is 17.7 Å². The van der Waals surface area contributed by atoms with E-state index in [4.69, 9.17) is 0 Å². The van der Waals surface area contributed by atoms with Gasteiger partial charge < -0.3 is 4.57 Å². The van der Waals surface area contributed by atoms with E-state index in [0.29, 0.717) is 0 Å². The van der Waals surface area contributed by atoms with E-state index in [2.05, 4.69) is 42.0 Å². The van der Waals surface area contributed by atoms with Crippen molar-refractivity contribution in [2.75, 3.05) is 0 Å². The molecule has 0 aliphatic heterocycles. The first-order chi connectivity index (χ1) is 5.42. The second-order valence-corrected chi connectivity index (χ2v) is 3.36. The molecule has 2 heteroatoms. The van der Waals surface area contributed by atoms with E-state index in [0.717, 1.165) is 6.54 Å². The minimum absolute atomic E-state index is 1.06. The van der Waals surface area contributed by atoms with Gasteiger partial charge in [-0.1, -0.05) is 0 Å². The maximum atomic E-state index is 2.26. The number of nitrogens with zero attached hydrogens (tertiary/aromatic N) is 1. The fourth-order valence-electron chi connectivity index (χ4n) is 1.22. The third-order valence-electron chi connectivity index (χ3n) is 1.82. The van der Waals surface area contributed by atoms with E-state index < -0.39 is 0 Å². The summed E-state index contributed by atoms with van der Waals surface area (Å²) in [6, 6.07) is 0. The largest absolute Gasteiger partial charge is 0.374 e. The van der Waals surface area contributed by atoms with Gasteiger partial charge in [-0.15, -0.1) is 5.69 Å². The first-order valence-electron chi connectivity index (χ1n) is 3.77. The number of rotatable bonds is 1. The fourth-order valence-corrected chi connectivity index (χ4v) is 2.18. The van der Waals surface area contributed by atoms with Gasteiger partial charge >= 0.3 is 0 Å². The summed E-state index contributed by atoms with van der Waals surface area (Å²) in [7, 11) is 0. The predicted molar refractivity (Wildman–Crippen MR) is 48.3 cm³/mol. The van der Waals surface area contributed by atoms with Crippen LogP contribution < -0.4 is 0 Å². The summed E-state index contributed by atoms with van der Waals surface area (Å²) in [6.07, 6.45) is 8.49. The topological polar surface area (TPSA) is 4.93 Å². The molecule has 0 radical (unpaired) electrons. The fraction of sp³-hybridized carbons (Fsp3) is 0.222. The average molecular weight is 164 g/mol. The highest BCUT2D eigenvalue weighted by Crippen LogP contribution is 2.24. The molecule has 0 amide bonds. The lowest BCUT2D eigenvalue weighted by Gasteiger charge is -2.20. The monoisotopic (exact) mass is 164 g/mol. The van der Waals surface area contributed by atoms with E-state index in [1.807, 2.05) is 0 Å². The molecule has 11 heavy (non-hydrogen) atoms. The molecular formula is C9H10NS-. The van der Waals surface area contributed by atoms with Crippen molar-refractivity contribution in [2.24, 2.45) is 0 Å². The molecule has 0 saturated carbocycles. The molecule has 1 aromatic heterocycles. The summed E-state index contributed by atoms with van der Waals surface area (Å²) >= 11 is 1.80. The van der Waals surface area contributed by atoms with Crippen molar-refractivity contribution < 1.29 is 0 Å². The van der Waals surface area contributed by atoms with E-state index in [1.54, 1.807) is 11.3 Å². The van der Waals surface area contributed by atoms with Crippen molar-refractivity contribution in [2.45, 2.75) is 13.5 Å². The molecule has 0 unspecified atom stereocenters. The van der Waals surface area contributed by atoms with Crippen LogP contribution in [0.1, 0.15) is 17.5 Å². The van der Waals surface area contributed by atoms with Crippen molar-refractivity contribution in [1.82, 2.24) is 4.57 Å². The van der Waals surface area contributed by atoms with Gasteiger partial charge in [-0.2, -0.15) is 0 Å². The number of hydrogen-bond donors (Lipinski definition) is 0. The summed E-state index contributed by atoms with van der Waals surface area (Å²) in [5.74, 6) is 0. The van der Waals surface area contributed by atoms with Crippen LogP contribution in [0.3, 0.4) is 0 Å². The second-order valence-electron chi connectivity index (χ2n) is 2.48. The number of aromatic nitrogens is 1. The highest BCUT2D eigenvalue weighted by Gasteiger charge is 2.03. The van der Waals surface area contributed by atoms with Crippen LogP contribution >= 0.6 is 11.3 Å². The molecule has 0 fully saturated rings. The summed E-state index contributed by atoms with van der Waals surface area (Å²) in [4.78, 5) is 1.37. The number of aryl methyl sites for hydroxylation is 1. The third-order valence-corrected chi connectivity index (χ3v) is 2.78. The predicted octanol–water partition coefficient (Wildman–Crippen LogP) is 2.53. The molecule has 0 aromatic carbocycles. The van der Waals surface area contributed by atoms with Crippen molar-refractivity contribution in [3.63, 3.8) is 0 Å². The third kappa shape index (κ3) is 1.03. The highest BCUT2D eigenvalue weighted by atomic mass is 32.1. The van der Waals surface area contributed by atoms with Gasteiger partial charge in [0.05, 0.1) is 0 Å². The molecule has 0 saturated heterocycles. The highest BCUT2D eigenvalue weighted by molar-refractivity contribution is 7.10. The first kappa shape index (κ1) is 6.80. The van der Waals surface area contributed by atoms with Gasteiger partial charge in [0, 0.05) is 11.4 Å². The second kappa shape index (κ2) is 2.62. The molecule has 1 aromatic rings. The Balaban J connectivity index is 2.42. The standard InChI is InChI=1S/C9H10NS/c1-2-10-7-11-9-6-4-3-5-8(9)10/h3-7H,2H2,1H3/q-1. The van der Waals surface area contributed by atoms with Crippen molar-refractivity contribution in [3.8, 4) is 0 Å². The van der Waals surface area contributed by atoms with Gasteiger partial charge in [-0.3, -0.25) is 18.6 Å². The summed E-state index contributed by atoms with van der Waals surface area (Å²) in [5, 5.41) is 0. The van der Waals surface area contributed by atoms with Crippen LogP contribution in [-0.2, 0) is 6.54 Å². The Kier molecular flexibility index (Phi) is 1.62. The lowest BCUT2D eigenvalue weighted by Crippen LogP contribution is -2.00. The zero-order valence-corrected chi connectivity index (χ0v) is 7.27. The number of fused-ring (bicyclic) bond motifs is 1. The average Bonchev–Trinajstić information content (AvgIpc) is 2.47. The lowest BCUT2D eigenvalue weighted by molar-refractivity contribution is 0.750. The van der Waals surface area contributed by atoms with Gasteiger partial charge in [-0.05, 0) is 6.92 Å². The molecule has 1 aliphatic carbocycles. The Hall–Kier alpha value is -0.890. The van der Waals surface area contributed by atoms with Gasteiger partial charge in [0.1, 0.15) is 11.3 Å². The summed E-state index contributed by atoms with van der Waals surface area (Å²) in [5.41, 5.74) is 3.52. The van der Waals surface area contributed by atoms with Crippen LogP contribution in [0.4, 0.5) is 0 Å². The van der Waals surface area contributed by atoms with Gasteiger partial charge in [0.15, 0.2) is 0 Å². The van der Waals surface area contributed by atoms with Gasteiger partial charge in [0.25, 0.3) is 0 Å². The SMILES string of the molecule is CCn1c[s+]c2c1[CH-]C=C[CH-]2. The summed E-state index contributed by atoms with van der Waals surface area (Å²) in [6.45, 7) is 3.23. The number of allylic oxidation sites excluding steroid dienone is 2. The Labute approximate surface area is 71.0 Å². The lowest BCUT2D eigenvalue weighted by atomic mass is 10.1. The zero-order chi connectivity index (χ0) is 7.68. The molecule has 0 spiro atoms. The van der Waals surface area contributed by atoms with E-state index >= 15 is 0 Å².